The zero-order valence-corrected chi connectivity index (χ0v) is 29.3. The normalized spacial score (nSPS) is 13.2. The summed E-state index contributed by atoms with van der Waals surface area (Å²) < 4.78 is 8.78. The molecule has 3 aromatic heterocycles. The van der Waals surface area contributed by atoms with Crippen LogP contribution >= 0.6 is 0 Å². The van der Waals surface area contributed by atoms with E-state index in [0.29, 0.717) is 5.82 Å². The van der Waals surface area contributed by atoms with E-state index in [1.807, 2.05) is 18.2 Å². The zero-order chi connectivity index (χ0) is 35.3. The molecule has 0 N–H and O–H groups in total. The molecule has 0 unspecified atom stereocenters. The van der Waals surface area contributed by atoms with E-state index in [0.717, 1.165) is 44.9 Å². The molecular weight excluding hydrogens is 647 g/mol. The molecule has 0 fully saturated rings. The van der Waals surface area contributed by atoms with E-state index in [1.165, 1.54) is 54.8 Å². The quantitative estimate of drug-likeness (QED) is 0.186. The van der Waals surface area contributed by atoms with Gasteiger partial charge >= 0.3 is 0 Å². The number of rotatable bonds is 4. The summed E-state index contributed by atoms with van der Waals surface area (Å²) in [6.45, 7) is 4.72. The molecule has 0 saturated carbocycles. The summed E-state index contributed by atoms with van der Waals surface area (Å²) in [6, 6.07) is 57.9. The molecule has 0 saturated heterocycles. The van der Waals surface area contributed by atoms with Gasteiger partial charge in [0.2, 0.25) is 0 Å². The zero-order valence-electron chi connectivity index (χ0n) is 29.3. The minimum absolute atomic E-state index is 0.242. The summed E-state index contributed by atoms with van der Waals surface area (Å²) in [6.07, 6.45) is 0. The summed E-state index contributed by atoms with van der Waals surface area (Å²) in [4.78, 5) is 10.3. The van der Waals surface area contributed by atoms with Gasteiger partial charge in [0.25, 0.3) is 0 Å². The standard InChI is InChI=1S/C49H33N3O/c1-49(2)39-28-43-38(27-37(39)35-24-25-45-46(47(35)49)36-21-10-12-23-44(36)53-45)34-20-9-11-22-42(34)52(43)33-19-13-18-32(26-33)48-50-40(30-14-5-3-6-15-30)29-41(51-48)31-16-7-4-8-17-31/h3-29H,1-2H3. The van der Waals surface area contributed by atoms with Crippen LogP contribution in [0.25, 0.3) is 94.5 Å². The van der Waals surface area contributed by atoms with Crippen molar-refractivity contribution in [3.63, 3.8) is 0 Å². The third-order valence-electron chi connectivity index (χ3n) is 11.2. The summed E-state index contributed by atoms with van der Waals surface area (Å²) in [7, 11) is 0. The Morgan fingerprint density at radius 1 is 0.491 bits per heavy atom. The van der Waals surface area contributed by atoms with Gasteiger partial charge in [0.1, 0.15) is 11.2 Å². The summed E-state index contributed by atoms with van der Waals surface area (Å²) in [5.74, 6) is 0.696. The van der Waals surface area contributed by atoms with Gasteiger partial charge in [-0.3, -0.25) is 0 Å². The van der Waals surface area contributed by atoms with Crippen molar-refractivity contribution in [3.05, 3.63) is 175 Å². The third-order valence-corrected chi connectivity index (χ3v) is 11.2. The Bertz CT molecular complexity index is 3020. The Labute approximate surface area is 306 Å². The second-order valence-electron chi connectivity index (χ2n) is 14.6. The van der Waals surface area contributed by atoms with Gasteiger partial charge in [-0.15, -0.1) is 0 Å². The Balaban J connectivity index is 1.12. The van der Waals surface area contributed by atoms with Crippen LogP contribution in [0.3, 0.4) is 0 Å². The highest BCUT2D eigenvalue weighted by molar-refractivity contribution is 6.14. The topological polar surface area (TPSA) is 43.9 Å². The molecule has 1 aliphatic rings. The van der Waals surface area contributed by atoms with Crippen molar-refractivity contribution in [2.45, 2.75) is 19.3 Å². The van der Waals surface area contributed by atoms with Gasteiger partial charge < -0.3 is 8.98 Å². The van der Waals surface area contributed by atoms with E-state index in [2.05, 4.69) is 164 Å². The Hall–Kier alpha value is -6.78. The van der Waals surface area contributed by atoms with Crippen molar-refractivity contribution < 1.29 is 4.42 Å². The molecule has 4 nitrogen and oxygen atoms in total. The van der Waals surface area contributed by atoms with Crippen molar-refractivity contribution in [3.8, 4) is 50.7 Å². The maximum absolute atomic E-state index is 6.37. The predicted octanol–water partition coefficient (Wildman–Crippen LogP) is 12.8. The van der Waals surface area contributed by atoms with E-state index in [9.17, 15) is 0 Å². The fraction of sp³-hybridized carbons (Fsp3) is 0.0612. The molecule has 10 aromatic rings. The van der Waals surface area contributed by atoms with Crippen LogP contribution in [0.1, 0.15) is 25.0 Å². The van der Waals surface area contributed by atoms with Gasteiger partial charge in [0.05, 0.1) is 22.4 Å². The average molecular weight is 680 g/mol. The highest BCUT2D eigenvalue weighted by Gasteiger charge is 2.39. The first kappa shape index (κ1) is 29.9. The molecule has 1 aliphatic carbocycles. The number of aromatic nitrogens is 3. The molecule has 4 heteroatoms. The van der Waals surface area contributed by atoms with Gasteiger partial charge in [-0.05, 0) is 70.8 Å². The van der Waals surface area contributed by atoms with Crippen LogP contribution in [-0.4, -0.2) is 14.5 Å². The maximum Gasteiger partial charge on any atom is 0.160 e. The van der Waals surface area contributed by atoms with Crippen LogP contribution in [-0.2, 0) is 5.41 Å². The molecule has 0 atom stereocenters. The van der Waals surface area contributed by atoms with E-state index in [-0.39, 0.29) is 5.41 Å². The summed E-state index contributed by atoms with van der Waals surface area (Å²) in [5.41, 5.74) is 15.2. The molecular formula is C49H33N3O. The molecule has 0 aliphatic heterocycles. The lowest BCUT2D eigenvalue weighted by molar-refractivity contribution is 0.657. The number of nitrogens with zero attached hydrogens (tertiary/aromatic N) is 3. The lowest BCUT2D eigenvalue weighted by Gasteiger charge is -2.22. The number of hydrogen-bond acceptors (Lipinski definition) is 3. The van der Waals surface area contributed by atoms with Crippen molar-refractivity contribution in [2.75, 3.05) is 0 Å². The lowest BCUT2D eigenvalue weighted by atomic mass is 9.80. The fourth-order valence-electron chi connectivity index (χ4n) is 8.73. The van der Waals surface area contributed by atoms with Gasteiger partial charge in [0.15, 0.2) is 5.82 Å². The SMILES string of the molecule is CC1(C)c2cc3c(cc2-c2ccc4oc5ccccc5c4c21)c1ccccc1n3-c1cccc(-c2nc(-c3ccccc3)cc(-c3ccccc3)n2)c1. The first-order chi connectivity index (χ1) is 26.0. The van der Waals surface area contributed by atoms with Gasteiger partial charge in [-0.2, -0.15) is 0 Å². The second kappa shape index (κ2) is 11.1. The Morgan fingerprint density at radius 2 is 1.15 bits per heavy atom. The number of fused-ring (bicyclic) bond motifs is 10. The molecule has 0 spiro atoms. The number of benzene rings is 7. The molecule has 0 bridgehead atoms. The Kier molecular flexibility index (Phi) is 6.27. The van der Waals surface area contributed by atoms with Crippen molar-refractivity contribution in [2.24, 2.45) is 0 Å². The molecule has 3 heterocycles. The minimum Gasteiger partial charge on any atom is -0.456 e. The maximum atomic E-state index is 6.37. The van der Waals surface area contributed by atoms with E-state index in [1.54, 1.807) is 0 Å². The van der Waals surface area contributed by atoms with E-state index < -0.39 is 0 Å². The Morgan fingerprint density at radius 3 is 1.91 bits per heavy atom. The fourth-order valence-corrected chi connectivity index (χ4v) is 8.73. The van der Waals surface area contributed by atoms with Crippen LogP contribution in [0, 0.1) is 0 Å². The first-order valence-electron chi connectivity index (χ1n) is 18.2. The predicted molar refractivity (Wildman–Crippen MR) is 218 cm³/mol. The molecule has 0 amide bonds. The van der Waals surface area contributed by atoms with Gasteiger partial charge in [0, 0.05) is 49.3 Å². The van der Waals surface area contributed by atoms with Crippen molar-refractivity contribution in [1.29, 1.82) is 0 Å². The van der Waals surface area contributed by atoms with Crippen LogP contribution in [0.15, 0.2) is 168 Å². The number of para-hydroxylation sites is 2. The molecule has 11 rings (SSSR count). The minimum atomic E-state index is -0.242. The molecule has 250 valence electrons. The van der Waals surface area contributed by atoms with E-state index in [4.69, 9.17) is 14.4 Å². The van der Waals surface area contributed by atoms with Crippen LogP contribution in [0.2, 0.25) is 0 Å². The van der Waals surface area contributed by atoms with Gasteiger partial charge in [-0.25, -0.2) is 9.97 Å². The van der Waals surface area contributed by atoms with Crippen molar-refractivity contribution >= 4 is 43.7 Å². The number of furan rings is 1. The first-order valence-corrected chi connectivity index (χ1v) is 18.2. The molecule has 0 radical (unpaired) electrons. The summed E-state index contributed by atoms with van der Waals surface area (Å²) >= 11 is 0. The smallest absolute Gasteiger partial charge is 0.160 e. The summed E-state index contributed by atoms with van der Waals surface area (Å²) in [5, 5.41) is 4.85. The number of hydrogen-bond donors (Lipinski definition) is 0. The van der Waals surface area contributed by atoms with Crippen LogP contribution in [0.5, 0.6) is 0 Å². The highest BCUT2D eigenvalue weighted by Crippen LogP contribution is 2.54. The molecule has 53 heavy (non-hydrogen) atoms. The van der Waals surface area contributed by atoms with Crippen LogP contribution in [0.4, 0.5) is 0 Å². The average Bonchev–Trinajstić information content (AvgIpc) is 3.82. The highest BCUT2D eigenvalue weighted by atomic mass is 16.3. The van der Waals surface area contributed by atoms with Crippen molar-refractivity contribution in [1.82, 2.24) is 14.5 Å². The van der Waals surface area contributed by atoms with Gasteiger partial charge in [-0.1, -0.05) is 129 Å². The largest absolute Gasteiger partial charge is 0.456 e. The van der Waals surface area contributed by atoms with Crippen LogP contribution < -0.4 is 0 Å². The lowest BCUT2D eigenvalue weighted by Crippen LogP contribution is -2.15. The van der Waals surface area contributed by atoms with E-state index >= 15 is 0 Å². The second-order valence-corrected chi connectivity index (χ2v) is 14.6. The third kappa shape index (κ3) is 4.42. The molecule has 7 aromatic carbocycles. The monoisotopic (exact) mass is 679 g/mol.